The molecule has 2 rings (SSSR count). The highest BCUT2D eigenvalue weighted by molar-refractivity contribution is 8.18. The summed E-state index contributed by atoms with van der Waals surface area (Å²) in [5.74, 6) is -1.06. The zero-order valence-corrected chi connectivity index (χ0v) is 12.8. The number of ether oxygens (including phenoxy) is 1. The molecule has 1 aromatic rings. The van der Waals surface area contributed by atoms with Crippen molar-refractivity contribution >= 4 is 35.0 Å². The van der Waals surface area contributed by atoms with Gasteiger partial charge in [0.05, 0.1) is 11.5 Å². The number of hydrogen-bond donors (Lipinski definition) is 0. The van der Waals surface area contributed by atoms with Gasteiger partial charge in [0.25, 0.3) is 11.1 Å². The first-order valence-corrected chi connectivity index (χ1v) is 7.56. The van der Waals surface area contributed by atoms with Crippen molar-refractivity contribution in [3.8, 4) is 0 Å². The second-order valence-corrected chi connectivity index (χ2v) is 5.36. The van der Waals surface area contributed by atoms with Crippen molar-refractivity contribution < 1.29 is 19.1 Å². The standard InChI is InChI=1S/C16H15NO4S/c1-2-21-14(18)11-17-15(19)13(22-16(17)20)10-6-9-12-7-4-3-5-8-12/h3-10H,2,11H2,1H3/b9-6+,13-10+. The molecule has 6 heteroatoms. The van der Waals surface area contributed by atoms with E-state index in [0.717, 1.165) is 22.2 Å². The fourth-order valence-corrected chi connectivity index (χ4v) is 2.59. The van der Waals surface area contributed by atoms with Crippen LogP contribution in [0.25, 0.3) is 6.08 Å². The summed E-state index contributed by atoms with van der Waals surface area (Å²) in [5, 5.41) is -0.461. The summed E-state index contributed by atoms with van der Waals surface area (Å²) in [6.07, 6.45) is 5.11. The van der Waals surface area contributed by atoms with Crippen LogP contribution >= 0.6 is 11.8 Å². The summed E-state index contributed by atoms with van der Waals surface area (Å²) in [4.78, 5) is 36.4. The van der Waals surface area contributed by atoms with Crippen molar-refractivity contribution in [2.75, 3.05) is 13.2 Å². The van der Waals surface area contributed by atoms with E-state index in [2.05, 4.69) is 0 Å². The van der Waals surface area contributed by atoms with E-state index in [1.54, 1.807) is 19.1 Å². The Hall–Kier alpha value is -2.34. The maximum Gasteiger partial charge on any atom is 0.326 e. The molecule has 0 unspecified atom stereocenters. The topological polar surface area (TPSA) is 63.7 Å². The van der Waals surface area contributed by atoms with Crippen LogP contribution in [0.1, 0.15) is 12.5 Å². The number of esters is 1. The molecule has 114 valence electrons. The molecule has 5 nitrogen and oxygen atoms in total. The molecule has 0 aromatic heterocycles. The third kappa shape index (κ3) is 4.08. The SMILES string of the molecule is CCOC(=O)CN1C(=O)S/C(=C/C=C/c2ccccc2)C1=O. The van der Waals surface area contributed by atoms with E-state index in [1.807, 2.05) is 36.4 Å². The Morgan fingerprint density at radius 3 is 2.68 bits per heavy atom. The molecule has 2 amide bonds. The minimum absolute atomic E-state index is 0.213. The van der Waals surface area contributed by atoms with Gasteiger partial charge in [-0.2, -0.15) is 0 Å². The van der Waals surface area contributed by atoms with Gasteiger partial charge >= 0.3 is 5.97 Å². The highest BCUT2D eigenvalue weighted by atomic mass is 32.2. The Kier molecular flexibility index (Phi) is 5.55. The van der Waals surface area contributed by atoms with Crippen molar-refractivity contribution in [1.29, 1.82) is 0 Å². The first kappa shape index (κ1) is 16.0. The maximum absolute atomic E-state index is 12.1. The van der Waals surface area contributed by atoms with Crippen LogP contribution in [0, 0.1) is 0 Å². The van der Waals surface area contributed by atoms with Crippen LogP contribution in [-0.2, 0) is 14.3 Å². The molecule has 0 N–H and O–H groups in total. The monoisotopic (exact) mass is 317 g/mol. The second-order valence-electron chi connectivity index (χ2n) is 4.37. The van der Waals surface area contributed by atoms with Crippen molar-refractivity contribution in [2.45, 2.75) is 6.92 Å². The number of carbonyl (C=O) groups excluding carboxylic acids is 3. The van der Waals surface area contributed by atoms with Gasteiger partial charge in [-0.05, 0) is 30.3 Å². The number of hydrogen-bond acceptors (Lipinski definition) is 5. The number of carbonyl (C=O) groups is 3. The van der Waals surface area contributed by atoms with Gasteiger partial charge in [0.15, 0.2) is 0 Å². The van der Waals surface area contributed by atoms with Crippen molar-refractivity contribution in [2.24, 2.45) is 0 Å². The fourth-order valence-electron chi connectivity index (χ4n) is 1.80. The molecule has 0 atom stereocenters. The Bertz CT molecular complexity index is 637. The predicted octanol–water partition coefficient (Wildman–Crippen LogP) is 2.84. The van der Waals surface area contributed by atoms with Crippen LogP contribution in [0.5, 0.6) is 0 Å². The highest BCUT2D eigenvalue weighted by Crippen LogP contribution is 2.30. The summed E-state index contributed by atoms with van der Waals surface area (Å²) in [5.41, 5.74) is 0.990. The van der Waals surface area contributed by atoms with Gasteiger partial charge in [-0.15, -0.1) is 0 Å². The lowest BCUT2D eigenvalue weighted by atomic mass is 10.2. The van der Waals surface area contributed by atoms with Gasteiger partial charge in [0.2, 0.25) is 0 Å². The van der Waals surface area contributed by atoms with Crippen molar-refractivity contribution in [3.05, 3.63) is 53.0 Å². The average Bonchev–Trinajstić information content (AvgIpc) is 2.76. The first-order chi connectivity index (χ1) is 10.6. The zero-order valence-electron chi connectivity index (χ0n) is 12.0. The molecule has 0 radical (unpaired) electrons. The third-order valence-electron chi connectivity index (χ3n) is 2.80. The molecule has 1 aliphatic heterocycles. The van der Waals surface area contributed by atoms with Crippen LogP contribution < -0.4 is 0 Å². The van der Waals surface area contributed by atoms with E-state index in [4.69, 9.17) is 4.74 Å². The van der Waals surface area contributed by atoms with Crippen LogP contribution in [-0.4, -0.2) is 35.2 Å². The van der Waals surface area contributed by atoms with Gasteiger partial charge in [-0.1, -0.05) is 42.5 Å². The molecule has 1 saturated heterocycles. The van der Waals surface area contributed by atoms with Gasteiger partial charge in [0, 0.05) is 0 Å². The summed E-state index contributed by atoms with van der Waals surface area (Å²) < 4.78 is 4.75. The van der Waals surface area contributed by atoms with E-state index in [1.165, 1.54) is 0 Å². The van der Waals surface area contributed by atoms with E-state index in [0.29, 0.717) is 4.91 Å². The Morgan fingerprint density at radius 2 is 2.00 bits per heavy atom. The molecule has 1 aliphatic rings. The molecular weight excluding hydrogens is 302 g/mol. The average molecular weight is 317 g/mol. The van der Waals surface area contributed by atoms with Crippen molar-refractivity contribution in [3.63, 3.8) is 0 Å². The quantitative estimate of drug-likeness (QED) is 0.617. The molecule has 22 heavy (non-hydrogen) atoms. The summed E-state index contributed by atoms with van der Waals surface area (Å²) in [6, 6.07) is 9.59. The number of allylic oxidation sites excluding steroid dienone is 2. The molecule has 1 heterocycles. The molecule has 0 aliphatic carbocycles. The van der Waals surface area contributed by atoms with Crippen LogP contribution in [0.2, 0.25) is 0 Å². The normalized spacial score (nSPS) is 16.8. The Morgan fingerprint density at radius 1 is 1.27 bits per heavy atom. The maximum atomic E-state index is 12.1. The lowest BCUT2D eigenvalue weighted by molar-refractivity contribution is -0.146. The number of nitrogens with zero attached hydrogens (tertiary/aromatic N) is 1. The minimum atomic E-state index is -0.592. The Balaban J connectivity index is 2.03. The van der Waals surface area contributed by atoms with Gasteiger partial charge in [-0.25, -0.2) is 0 Å². The first-order valence-electron chi connectivity index (χ1n) is 6.74. The molecule has 0 saturated carbocycles. The van der Waals surface area contributed by atoms with Crippen LogP contribution in [0.3, 0.4) is 0 Å². The summed E-state index contributed by atoms with van der Waals surface area (Å²) in [7, 11) is 0. The molecular formula is C16H15NO4S. The molecule has 0 bridgehead atoms. The van der Waals surface area contributed by atoms with Gasteiger partial charge in [0.1, 0.15) is 6.54 Å². The largest absolute Gasteiger partial charge is 0.465 e. The number of amides is 2. The highest BCUT2D eigenvalue weighted by Gasteiger charge is 2.36. The number of imide groups is 1. The summed E-state index contributed by atoms with van der Waals surface area (Å²) in [6.45, 7) is 1.53. The Labute approximate surface area is 132 Å². The van der Waals surface area contributed by atoms with Gasteiger partial charge < -0.3 is 4.74 Å². The van der Waals surface area contributed by atoms with Crippen LogP contribution in [0.4, 0.5) is 4.79 Å². The predicted molar refractivity (Wildman–Crippen MR) is 84.9 cm³/mol. The summed E-state index contributed by atoms with van der Waals surface area (Å²) >= 11 is 0.817. The smallest absolute Gasteiger partial charge is 0.326 e. The molecule has 1 fully saturated rings. The zero-order chi connectivity index (χ0) is 15.9. The lowest BCUT2D eigenvalue weighted by Crippen LogP contribution is -2.34. The van der Waals surface area contributed by atoms with Crippen molar-refractivity contribution in [1.82, 2.24) is 4.90 Å². The van der Waals surface area contributed by atoms with Crippen LogP contribution in [0.15, 0.2) is 47.4 Å². The number of benzene rings is 1. The van der Waals surface area contributed by atoms with E-state index >= 15 is 0 Å². The fraction of sp³-hybridized carbons (Fsp3) is 0.188. The second kappa shape index (κ2) is 7.61. The lowest BCUT2D eigenvalue weighted by Gasteiger charge is -2.10. The van der Waals surface area contributed by atoms with E-state index in [-0.39, 0.29) is 13.2 Å². The third-order valence-corrected chi connectivity index (χ3v) is 3.73. The number of thioether (sulfide) groups is 1. The molecule has 1 aromatic carbocycles. The minimum Gasteiger partial charge on any atom is -0.465 e. The number of rotatable bonds is 5. The van der Waals surface area contributed by atoms with E-state index < -0.39 is 17.1 Å². The van der Waals surface area contributed by atoms with Gasteiger partial charge in [-0.3, -0.25) is 19.3 Å². The molecule has 0 spiro atoms. The van der Waals surface area contributed by atoms with E-state index in [9.17, 15) is 14.4 Å².